The van der Waals surface area contributed by atoms with Gasteiger partial charge in [-0.3, -0.25) is 13.9 Å². The van der Waals surface area contributed by atoms with Crippen LogP contribution in [0.5, 0.6) is 5.75 Å². The molecule has 0 aliphatic rings. The molecule has 0 fully saturated rings. The maximum absolute atomic E-state index is 14.0. The standard InChI is InChI=1S/C32H40BrN3O5S/c1-5-24(2)34-32(38)29(22-25-13-7-6-8-14-25)35(23-26-15-11-16-27(33)21-26)31(37)19-12-20-36(42(4,39)40)28-17-9-10-18-30(28)41-3/h6-11,13-18,21,24,29H,5,12,19-20,22-23H2,1-4H3,(H,34,38)/t24-,29+/m0/s1. The number of nitrogens with zero attached hydrogens (tertiary/aromatic N) is 2. The van der Waals surface area contributed by atoms with E-state index in [0.717, 1.165) is 28.3 Å². The summed E-state index contributed by atoms with van der Waals surface area (Å²) < 4.78 is 33.0. The van der Waals surface area contributed by atoms with E-state index in [0.29, 0.717) is 17.9 Å². The van der Waals surface area contributed by atoms with Crippen molar-refractivity contribution in [3.05, 3.63) is 94.5 Å². The van der Waals surface area contributed by atoms with Gasteiger partial charge in [0.25, 0.3) is 0 Å². The number of benzene rings is 3. The molecule has 0 aliphatic heterocycles. The van der Waals surface area contributed by atoms with Gasteiger partial charge in [-0.25, -0.2) is 8.42 Å². The summed E-state index contributed by atoms with van der Waals surface area (Å²) in [6.07, 6.45) is 2.55. The molecule has 0 heterocycles. The summed E-state index contributed by atoms with van der Waals surface area (Å²) in [6.45, 7) is 4.25. The quantitative estimate of drug-likeness (QED) is 0.231. The zero-order valence-electron chi connectivity index (χ0n) is 24.6. The van der Waals surface area contributed by atoms with Crippen molar-refractivity contribution in [3.63, 3.8) is 0 Å². The van der Waals surface area contributed by atoms with Gasteiger partial charge >= 0.3 is 0 Å². The van der Waals surface area contributed by atoms with Crippen molar-refractivity contribution in [1.82, 2.24) is 10.2 Å². The number of carbonyl (C=O) groups excluding carboxylic acids is 2. The third-order valence-corrected chi connectivity index (χ3v) is 8.69. The van der Waals surface area contributed by atoms with Crippen LogP contribution in [0.4, 0.5) is 5.69 Å². The molecule has 8 nitrogen and oxygen atoms in total. The molecule has 3 aromatic rings. The largest absolute Gasteiger partial charge is 0.495 e. The van der Waals surface area contributed by atoms with Gasteiger partial charge in [0.15, 0.2) is 0 Å². The molecule has 0 unspecified atom stereocenters. The Balaban J connectivity index is 1.91. The molecule has 3 rings (SSSR count). The van der Waals surface area contributed by atoms with E-state index >= 15 is 0 Å². The summed E-state index contributed by atoms with van der Waals surface area (Å²) in [4.78, 5) is 29.3. The Bertz CT molecular complexity index is 1430. The van der Waals surface area contributed by atoms with E-state index in [2.05, 4.69) is 21.2 Å². The molecule has 3 aromatic carbocycles. The number of sulfonamides is 1. The first-order chi connectivity index (χ1) is 20.0. The first-order valence-corrected chi connectivity index (χ1v) is 16.7. The highest BCUT2D eigenvalue weighted by Gasteiger charge is 2.31. The van der Waals surface area contributed by atoms with Gasteiger partial charge in [-0.05, 0) is 55.2 Å². The molecule has 0 saturated carbocycles. The lowest BCUT2D eigenvalue weighted by atomic mass is 10.0. The van der Waals surface area contributed by atoms with E-state index in [-0.39, 0.29) is 43.8 Å². The average molecular weight is 659 g/mol. The van der Waals surface area contributed by atoms with E-state index in [1.54, 1.807) is 29.2 Å². The molecule has 2 amide bonds. The molecule has 226 valence electrons. The fourth-order valence-electron chi connectivity index (χ4n) is 4.65. The Labute approximate surface area is 258 Å². The first kappa shape index (κ1) is 33.1. The summed E-state index contributed by atoms with van der Waals surface area (Å²) in [5.74, 6) is -0.0257. The topological polar surface area (TPSA) is 96.0 Å². The third-order valence-electron chi connectivity index (χ3n) is 7.02. The third kappa shape index (κ3) is 9.59. The van der Waals surface area contributed by atoms with Gasteiger partial charge in [0.1, 0.15) is 11.8 Å². The second-order valence-corrected chi connectivity index (χ2v) is 13.1. The highest BCUT2D eigenvalue weighted by molar-refractivity contribution is 9.10. The monoisotopic (exact) mass is 657 g/mol. The zero-order chi connectivity index (χ0) is 30.7. The smallest absolute Gasteiger partial charge is 0.243 e. The number of hydrogen-bond donors (Lipinski definition) is 1. The molecule has 42 heavy (non-hydrogen) atoms. The Kier molecular flexibility index (Phi) is 12.4. The van der Waals surface area contributed by atoms with Crippen molar-refractivity contribution in [2.45, 2.75) is 58.2 Å². The highest BCUT2D eigenvalue weighted by atomic mass is 79.9. The van der Waals surface area contributed by atoms with Crippen LogP contribution in [-0.2, 0) is 32.6 Å². The number of methoxy groups -OCH3 is 1. The van der Waals surface area contributed by atoms with Gasteiger partial charge in [-0.1, -0.05) is 77.5 Å². The van der Waals surface area contributed by atoms with Crippen LogP contribution in [0.3, 0.4) is 0 Å². The second kappa shape index (κ2) is 15.7. The molecule has 0 saturated heterocycles. The minimum atomic E-state index is -3.65. The maximum Gasteiger partial charge on any atom is 0.243 e. The van der Waals surface area contributed by atoms with Gasteiger partial charge in [0.05, 0.1) is 19.1 Å². The minimum Gasteiger partial charge on any atom is -0.495 e. The van der Waals surface area contributed by atoms with Crippen LogP contribution in [0, 0.1) is 0 Å². The summed E-state index contributed by atoms with van der Waals surface area (Å²) in [5, 5.41) is 3.07. The molecular weight excluding hydrogens is 618 g/mol. The van der Waals surface area contributed by atoms with Gasteiger partial charge < -0.3 is 15.0 Å². The van der Waals surface area contributed by atoms with E-state index in [1.807, 2.05) is 68.4 Å². The molecule has 0 bridgehead atoms. The minimum absolute atomic E-state index is 0.0527. The molecule has 0 radical (unpaired) electrons. The molecule has 2 atom stereocenters. The van der Waals surface area contributed by atoms with Crippen molar-refractivity contribution >= 4 is 43.5 Å². The molecule has 10 heteroatoms. The number of anilines is 1. The SMILES string of the molecule is CC[C@H](C)NC(=O)[C@@H](Cc1ccccc1)N(Cc1cccc(Br)c1)C(=O)CCCN(c1ccccc1OC)S(C)(=O)=O. The lowest BCUT2D eigenvalue weighted by Crippen LogP contribution is -2.52. The number of rotatable bonds is 15. The van der Waals surface area contributed by atoms with Crippen molar-refractivity contribution in [3.8, 4) is 5.75 Å². The number of hydrogen-bond acceptors (Lipinski definition) is 5. The number of carbonyl (C=O) groups is 2. The number of nitrogens with one attached hydrogen (secondary N) is 1. The second-order valence-electron chi connectivity index (χ2n) is 10.3. The van der Waals surface area contributed by atoms with Crippen LogP contribution in [0.2, 0.25) is 0 Å². The van der Waals surface area contributed by atoms with Crippen LogP contribution in [0.25, 0.3) is 0 Å². The number of amides is 2. The highest BCUT2D eigenvalue weighted by Crippen LogP contribution is 2.30. The Hall–Kier alpha value is -3.37. The van der Waals surface area contributed by atoms with E-state index < -0.39 is 16.1 Å². The fourth-order valence-corrected chi connectivity index (χ4v) is 6.06. The summed E-state index contributed by atoms with van der Waals surface area (Å²) in [5.41, 5.74) is 2.23. The van der Waals surface area contributed by atoms with Crippen molar-refractivity contribution in [1.29, 1.82) is 0 Å². The van der Waals surface area contributed by atoms with E-state index in [9.17, 15) is 18.0 Å². The predicted octanol–water partition coefficient (Wildman–Crippen LogP) is 5.56. The normalized spacial score (nSPS) is 12.7. The van der Waals surface area contributed by atoms with Crippen LogP contribution in [0.1, 0.15) is 44.2 Å². The van der Waals surface area contributed by atoms with Crippen LogP contribution in [-0.4, -0.2) is 57.1 Å². The first-order valence-electron chi connectivity index (χ1n) is 14.0. The van der Waals surface area contributed by atoms with Gasteiger partial charge in [0.2, 0.25) is 21.8 Å². The maximum atomic E-state index is 14.0. The molecule has 0 aliphatic carbocycles. The number of para-hydroxylation sites is 2. The lowest BCUT2D eigenvalue weighted by molar-refractivity contribution is -0.141. The van der Waals surface area contributed by atoms with Gasteiger partial charge in [-0.2, -0.15) is 0 Å². The van der Waals surface area contributed by atoms with Crippen LogP contribution < -0.4 is 14.4 Å². The van der Waals surface area contributed by atoms with Crippen molar-refractivity contribution in [2.75, 3.05) is 24.2 Å². The lowest BCUT2D eigenvalue weighted by Gasteiger charge is -2.33. The number of ether oxygens (including phenoxy) is 1. The molecule has 1 N–H and O–H groups in total. The predicted molar refractivity (Wildman–Crippen MR) is 171 cm³/mol. The molecule has 0 spiro atoms. The van der Waals surface area contributed by atoms with Crippen LogP contribution >= 0.6 is 15.9 Å². The van der Waals surface area contributed by atoms with E-state index in [1.165, 1.54) is 11.4 Å². The summed E-state index contributed by atoms with van der Waals surface area (Å²) in [7, 11) is -2.16. The Morgan fingerprint density at radius 3 is 2.29 bits per heavy atom. The molecule has 0 aromatic heterocycles. The average Bonchev–Trinajstić information content (AvgIpc) is 2.96. The Morgan fingerprint density at radius 1 is 0.976 bits per heavy atom. The van der Waals surface area contributed by atoms with Gasteiger partial charge in [0, 0.05) is 36.4 Å². The fraction of sp³-hybridized carbons (Fsp3) is 0.375. The van der Waals surface area contributed by atoms with Crippen molar-refractivity contribution < 1.29 is 22.7 Å². The number of halogens is 1. The molecular formula is C32H40BrN3O5S. The van der Waals surface area contributed by atoms with E-state index in [4.69, 9.17) is 4.74 Å². The van der Waals surface area contributed by atoms with Crippen LogP contribution in [0.15, 0.2) is 83.3 Å². The zero-order valence-corrected chi connectivity index (χ0v) is 27.0. The van der Waals surface area contributed by atoms with Gasteiger partial charge in [-0.15, -0.1) is 0 Å². The Morgan fingerprint density at radius 2 is 1.64 bits per heavy atom. The summed E-state index contributed by atoms with van der Waals surface area (Å²) >= 11 is 3.51. The summed E-state index contributed by atoms with van der Waals surface area (Å²) in [6, 6.07) is 23.4. The van der Waals surface area contributed by atoms with Crippen molar-refractivity contribution in [2.24, 2.45) is 0 Å².